The number of aromatic nitrogens is 6. The fourth-order valence-corrected chi connectivity index (χ4v) is 3.46. The number of nitrogens with zero attached hydrogens (tertiary/aromatic N) is 6. The van der Waals surface area contributed by atoms with Gasteiger partial charge in [-0.3, -0.25) is 0 Å². The fourth-order valence-electron chi connectivity index (χ4n) is 3.46. The van der Waals surface area contributed by atoms with Gasteiger partial charge in [0.15, 0.2) is 11.6 Å². The Hall–Kier alpha value is -3.75. The van der Waals surface area contributed by atoms with E-state index in [0.29, 0.717) is 18.3 Å². The van der Waals surface area contributed by atoms with Crippen LogP contribution in [-0.2, 0) is 7.05 Å². The molecule has 1 atom stereocenters. The van der Waals surface area contributed by atoms with E-state index in [1.165, 1.54) is 0 Å². The highest BCUT2D eigenvalue weighted by Gasteiger charge is 2.22. The third-order valence-corrected chi connectivity index (χ3v) is 5.84. The normalized spacial score (nSPS) is 12.6. The highest BCUT2D eigenvalue weighted by Crippen LogP contribution is 2.33. The van der Waals surface area contributed by atoms with Crippen molar-refractivity contribution >= 4 is 28.4 Å². The van der Waals surface area contributed by atoms with Gasteiger partial charge in [-0.05, 0) is 50.5 Å². The lowest BCUT2D eigenvalue weighted by Gasteiger charge is -2.29. The van der Waals surface area contributed by atoms with E-state index in [-0.39, 0.29) is 14.3 Å². The van der Waals surface area contributed by atoms with E-state index in [9.17, 15) is 0 Å². The molecule has 0 saturated heterocycles. The highest BCUT2D eigenvalue weighted by molar-refractivity contribution is 5.89. The molecule has 0 aliphatic rings. The Morgan fingerprint density at radius 1 is 1.18 bits per heavy atom. The van der Waals surface area contributed by atoms with Crippen molar-refractivity contribution in [3.05, 3.63) is 42.5 Å². The molecular weight excluding hydrogens is 428 g/mol. The minimum absolute atomic E-state index is 0. The third kappa shape index (κ3) is 4.93. The van der Waals surface area contributed by atoms with Crippen molar-refractivity contribution in [1.82, 2.24) is 29.7 Å². The molecule has 34 heavy (non-hydrogen) atoms. The summed E-state index contributed by atoms with van der Waals surface area (Å²) in [5.41, 5.74) is 3.44. The smallest absolute Gasteiger partial charge is 0.227 e. The van der Waals surface area contributed by atoms with Crippen molar-refractivity contribution in [2.24, 2.45) is 12.5 Å². The molecule has 0 bridgehead atoms. The first kappa shape index (κ1) is 23.4. The SMILES string of the molecule is CCOc1cc(-c2nncn2C)ccc1Nc1ncc2cc(C)nc(N[C@H](C)C(C)(C)C)c2n1.[HH].[HH]. The molecule has 4 aromatic rings. The predicted octanol–water partition coefficient (Wildman–Crippen LogP) is 5.61. The number of rotatable bonds is 7. The monoisotopic (exact) mass is 464 g/mol. The number of benzene rings is 1. The number of hydrogen-bond donors (Lipinski definition) is 2. The molecule has 0 unspecified atom stereocenters. The van der Waals surface area contributed by atoms with Crippen LogP contribution in [0.3, 0.4) is 0 Å². The summed E-state index contributed by atoms with van der Waals surface area (Å²) >= 11 is 0. The molecule has 0 fully saturated rings. The van der Waals surface area contributed by atoms with E-state index in [1.54, 1.807) is 6.33 Å². The Kier molecular flexibility index (Phi) is 6.37. The summed E-state index contributed by atoms with van der Waals surface area (Å²) in [6, 6.07) is 8.05. The van der Waals surface area contributed by atoms with Gasteiger partial charge in [-0.25, -0.2) is 15.0 Å². The maximum Gasteiger partial charge on any atom is 0.227 e. The van der Waals surface area contributed by atoms with Gasteiger partial charge in [0, 0.05) is 38.8 Å². The summed E-state index contributed by atoms with van der Waals surface area (Å²) in [5, 5.41) is 16.0. The van der Waals surface area contributed by atoms with Crippen molar-refractivity contribution in [2.75, 3.05) is 17.2 Å². The van der Waals surface area contributed by atoms with Crippen molar-refractivity contribution in [3.63, 3.8) is 0 Å². The maximum absolute atomic E-state index is 5.90. The van der Waals surface area contributed by atoms with Gasteiger partial charge >= 0.3 is 0 Å². The lowest BCUT2D eigenvalue weighted by atomic mass is 9.88. The van der Waals surface area contributed by atoms with Crippen LogP contribution in [0.4, 0.5) is 17.5 Å². The standard InChI is InChI=1S/C25H32N8O.2H2/c1-8-34-20-12-17(23-32-27-14-33(23)7)9-10-19(20)30-24-26-13-18-11-15(2)28-22(21(18)31-24)29-16(3)25(4,5)6;;/h9-14,16H,8H2,1-7H3,(H,28,29)(H,26,30,31);2*1H/t16-;;/m1../s1. The third-order valence-electron chi connectivity index (χ3n) is 5.84. The molecular formula is C25H36N8O. The summed E-state index contributed by atoms with van der Waals surface area (Å²) in [7, 11) is 1.91. The van der Waals surface area contributed by atoms with E-state index < -0.39 is 0 Å². The van der Waals surface area contributed by atoms with Crippen molar-refractivity contribution < 1.29 is 7.59 Å². The van der Waals surface area contributed by atoms with Crippen LogP contribution in [0.2, 0.25) is 0 Å². The molecule has 0 radical (unpaired) electrons. The first-order valence-corrected chi connectivity index (χ1v) is 11.4. The summed E-state index contributed by atoms with van der Waals surface area (Å²) in [6.07, 6.45) is 3.49. The van der Waals surface area contributed by atoms with Gasteiger partial charge in [0.25, 0.3) is 0 Å². The second kappa shape index (κ2) is 9.24. The minimum atomic E-state index is 0. The molecule has 182 valence electrons. The molecule has 3 heterocycles. The van der Waals surface area contributed by atoms with Crippen LogP contribution in [0.1, 0.15) is 43.2 Å². The molecule has 0 spiro atoms. The lowest BCUT2D eigenvalue weighted by Crippen LogP contribution is -2.31. The Labute approximate surface area is 203 Å². The first-order chi connectivity index (χ1) is 16.2. The van der Waals surface area contributed by atoms with Crippen LogP contribution in [-0.4, -0.2) is 42.4 Å². The largest absolute Gasteiger partial charge is 0.492 e. The average molecular weight is 465 g/mol. The molecule has 0 amide bonds. The van der Waals surface area contributed by atoms with Crippen molar-refractivity contribution in [2.45, 2.75) is 47.6 Å². The quantitative estimate of drug-likeness (QED) is 0.364. The van der Waals surface area contributed by atoms with Crippen molar-refractivity contribution in [1.29, 1.82) is 0 Å². The number of pyridine rings is 1. The number of hydrogen-bond acceptors (Lipinski definition) is 8. The molecule has 1 aromatic carbocycles. The number of nitrogens with one attached hydrogen (secondary N) is 2. The van der Waals surface area contributed by atoms with Crippen LogP contribution >= 0.6 is 0 Å². The van der Waals surface area contributed by atoms with E-state index >= 15 is 0 Å². The Morgan fingerprint density at radius 3 is 2.65 bits per heavy atom. The summed E-state index contributed by atoms with van der Waals surface area (Å²) in [5.74, 6) is 2.68. The van der Waals surface area contributed by atoms with Gasteiger partial charge in [0.2, 0.25) is 5.95 Å². The van der Waals surface area contributed by atoms with E-state index in [1.807, 2.05) is 55.9 Å². The summed E-state index contributed by atoms with van der Waals surface area (Å²) in [4.78, 5) is 14.1. The van der Waals surface area contributed by atoms with Crippen LogP contribution < -0.4 is 15.4 Å². The van der Waals surface area contributed by atoms with Gasteiger partial charge in [0.05, 0.1) is 12.3 Å². The number of aryl methyl sites for hydroxylation is 2. The Balaban J connectivity index is 0.00000228. The Morgan fingerprint density at radius 2 is 1.97 bits per heavy atom. The first-order valence-electron chi connectivity index (χ1n) is 11.4. The molecule has 9 heteroatoms. The molecule has 0 aliphatic heterocycles. The molecule has 2 N–H and O–H groups in total. The zero-order valence-electron chi connectivity index (χ0n) is 20.8. The van der Waals surface area contributed by atoms with Gasteiger partial charge in [-0.1, -0.05) is 20.8 Å². The summed E-state index contributed by atoms with van der Waals surface area (Å²) < 4.78 is 7.77. The van der Waals surface area contributed by atoms with E-state index in [2.05, 4.69) is 53.5 Å². The maximum atomic E-state index is 5.90. The van der Waals surface area contributed by atoms with E-state index in [4.69, 9.17) is 14.7 Å². The van der Waals surface area contributed by atoms with E-state index in [0.717, 1.165) is 39.5 Å². The molecule has 0 aliphatic carbocycles. The van der Waals surface area contributed by atoms with Crippen LogP contribution in [0.5, 0.6) is 5.75 Å². The second-order valence-corrected chi connectivity index (χ2v) is 9.51. The van der Waals surface area contributed by atoms with Gasteiger partial charge in [0.1, 0.15) is 17.6 Å². The zero-order valence-corrected chi connectivity index (χ0v) is 20.8. The van der Waals surface area contributed by atoms with Gasteiger partial charge in [-0.15, -0.1) is 10.2 Å². The van der Waals surface area contributed by atoms with Crippen LogP contribution in [0, 0.1) is 12.3 Å². The van der Waals surface area contributed by atoms with Gasteiger partial charge in [-0.2, -0.15) is 0 Å². The summed E-state index contributed by atoms with van der Waals surface area (Å²) in [6.45, 7) is 13.2. The van der Waals surface area contributed by atoms with Crippen LogP contribution in [0.25, 0.3) is 22.3 Å². The Bertz CT molecular complexity index is 1320. The fraction of sp³-hybridized carbons (Fsp3) is 0.400. The predicted molar refractivity (Wildman–Crippen MR) is 140 cm³/mol. The average Bonchev–Trinajstić information content (AvgIpc) is 3.20. The minimum Gasteiger partial charge on any atom is -0.492 e. The molecule has 3 aromatic heterocycles. The topological polar surface area (TPSA) is 103 Å². The lowest BCUT2D eigenvalue weighted by molar-refractivity contribution is 0.342. The molecule has 9 nitrogen and oxygen atoms in total. The van der Waals surface area contributed by atoms with Crippen molar-refractivity contribution in [3.8, 4) is 17.1 Å². The van der Waals surface area contributed by atoms with Crippen LogP contribution in [0.15, 0.2) is 36.8 Å². The number of ether oxygens (including phenoxy) is 1. The number of anilines is 3. The molecule has 0 saturated carbocycles. The van der Waals surface area contributed by atoms with Gasteiger partial charge < -0.3 is 19.9 Å². The zero-order chi connectivity index (χ0) is 24.5. The molecule has 4 rings (SSSR count). The number of fused-ring (bicyclic) bond motifs is 1. The highest BCUT2D eigenvalue weighted by atomic mass is 16.5. The second-order valence-electron chi connectivity index (χ2n) is 9.51.